The van der Waals surface area contributed by atoms with E-state index in [1.807, 2.05) is 0 Å². The Morgan fingerprint density at radius 3 is 3.06 bits per heavy atom. The van der Waals surface area contributed by atoms with Gasteiger partial charge in [0.1, 0.15) is 9.71 Å². The molecule has 18 heavy (non-hydrogen) atoms. The second-order valence-electron chi connectivity index (χ2n) is 3.96. The highest BCUT2D eigenvalue weighted by Gasteiger charge is 2.16. The molecule has 2 rings (SSSR count). The van der Waals surface area contributed by atoms with Crippen molar-refractivity contribution in [3.63, 3.8) is 0 Å². The van der Waals surface area contributed by atoms with E-state index < -0.39 is 5.97 Å². The maximum Gasteiger partial charge on any atom is 0.345 e. The molecule has 1 N–H and O–H groups in total. The summed E-state index contributed by atoms with van der Waals surface area (Å²) in [5, 5.41) is 23.0. The molecule has 0 aliphatic carbocycles. The van der Waals surface area contributed by atoms with Gasteiger partial charge in [-0.05, 0) is 12.5 Å². The van der Waals surface area contributed by atoms with Crippen LogP contribution >= 0.6 is 11.3 Å². The van der Waals surface area contributed by atoms with Crippen LogP contribution < -0.4 is 0 Å². The average Bonchev–Trinajstić information content (AvgIpc) is 2.88. The number of carbonyl (C=O) groups is 1. The third-order valence-electron chi connectivity index (χ3n) is 2.63. The number of nitriles is 1. The van der Waals surface area contributed by atoms with Gasteiger partial charge in [0.25, 0.3) is 0 Å². The smallest absolute Gasteiger partial charge is 0.345 e. The second-order valence-corrected chi connectivity index (χ2v) is 4.99. The van der Waals surface area contributed by atoms with Crippen molar-refractivity contribution in [1.82, 2.24) is 9.78 Å². The minimum atomic E-state index is -0.912. The summed E-state index contributed by atoms with van der Waals surface area (Å²) < 4.78 is 1.75. The van der Waals surface area contributed by atoms with Gasteiger partial charge in [-0.15, -0.1) is 11.3 Å². The van der Waals surface area contributed by atoms with E-state index in [9.17, 15) is 4.79 Å². The van der Waals surface area contributed by atoms with E-state index in [1.54, 1.807) is 10.7 Å². The lowest BCUT2D eigenvalue weighted by atomic mass is 10.2. The van der Waals surface area contributed by atoms with Gasteiger partial charge in [-0.1, -0.05) is 13.3 Å². The molecule has 2 aromatic heterocycles. The van der Waals surface area contributed by atoms with Crippen LogP contribution in [0.4, 0.5) is 0 Å². The zero-order chi connectivity index (χ0) is 13.1. The summed E-state index contributed by atoms with van der Waals surface area (Å²) >= 11 is 1.22. The Kier molecular flexibility index (Phi) is 3.63. The molecule has 0 radical (unpaired) electrons. The standard InChI is InChI=1S/C12H13N3O2S/c1-2-4-9-8-7-10(12(16)17)18-11(8)15(14-9)6-3-5-13/h7H,2-4,6H2,1H3,(H,16,17). The van der Waals surface area contributed by atoms with Gasteiger partial charge in [-0.3, -0.25) is 4.68 Å². The molecule has 0 bridgehead atoms. The predicted octanol–water partition coefficient (Wildman–Crippen LogP) is 2.66. The van der Waals surface area contributed by atoms with Gasteiger partial charge in [0.05, 0.1) is 24.7 Å². The molecule has 5 nitrogen and oxygen atoms in total. The quantitative estimate of drug-likeness (QED) is 0.899. The molecule has 0 saturated heterocycles. The molecule has 6 heteroatoms. The van der Waals surface area contributed by atoms with Crippen LogP contribution in [0.1, 0.15) is 35.1 Å². The van der Waals surface area contributed by atoms with E-state index in [1.165, 1.54) is 11.3 Å². The van der Waals surface area contributed by atoms with Crippen molar-refractivity contribution in [3.05, 3.63) is 16.6 Å². The SMILES string of the molecule is CCCc1nn(CCC#N)c2sc(C(=O)O)cc12. The summed E-state index contributed by atoms with van der Waals surface area (Å²) in [6.07, 6.45) is 2.16. The number of aryl methyl sites for hydroxylation is 2. The third-order valence-corrected chi connectivity index (χ3v) is 3.77. The zero-order valence-electron chi connectivity index (χ0n) is 10.0. The maximum atomic E-state index is 11.0. The van der Waals surface area contributed by atoms with Crippen LogP contribution in [0.2, 0.25) is 0 Å². The largest absolute Gasteiger partial charge is 0.477 e. The molecule has 0 saturated carbocycles. The van der Waals surface area contributed by atoms with Crippen LogP contribution in [-0.4, -0.2) is 20.9 Å². The first-order valence-corrected chi connectivity index (χ1v) is 6.58. The topological polar surface area (TPSA) is 78.9 Å². The van der Waals surface area contributed by atoms with Gasteiger partial charge in [-0.2, -0.15) is 10.4 Å². The molecule has 0 aliphatic heterocycles. The fraction of sp³-hybridized carbons (Fsp3) is 0.417. The predicted molar refractivity (Wildman–Crippen MR) is 68.8 cm³/mol. The molecule has 0 unspecified atom stereocenters. The number of aromatic nitrogens is 2. The van der Waals surface area contributed by atoms with Crippen molar-refractivity contribution in [2.24, 2.45) is 0 Å². The molecule has 0 aliphatic rings. The van der Waals surface area contributed by atoms with Crippen LogP contribution in [0.15, 0.2) is 6.07 Å². The molecule has 0 fully saturated rings. The molecule has 94 valence electrons. The monoisotopic (exact) mass is 263 g/mol. The van der Waals surface area contributed by atoms with Gasteiger partial charge < -0.3 is 5.11 Å². The van der Waals surface area contributed by atoms with E-state index in [0.29, 0.717) is 17.8 Å². The summed E-state index contributed by atoms with van der Waals surface area (Å²) in [7, 11) is 0. The summed E-state index contributed by atoms with van der Waals surface area (Å²) in [6, 6.07) is 3.76. The highest BCUT2D eigenvalue weighted by atomic mass is 32.1. The molecule has 2 heterocycles. The van der Waals surface area contributed by atoms with Gasteiger partial charge in [-0.25, -0.2) is 4.79 Å². The van der Waals surface area contributed by atoms with E-state index in [0.717, 1.165) is 28.8 Å². The molecular formula is C12H13N3O2S. The van der Waals surface area contributed by atoms with Crippen molar-refractivity contribution < 1.29 is 9.90 Å². The van der Waals surface area contributed by atoms with Crippen molar-refractivity contribution in [3.8, 4) is 6.07 Å². The summed E-state index contributed by atoms with van der Waals surface area (Å²) in [4.78, 5) is 12.2. The minimum absolute atomic E-state index is 0.325. The van der Waals surface area contributed by atoms with Crippen molar-refractivity contribution >= 4 is 27.5 Å². The van der Waals surface area contributed by atoms with Crippen LogP contribution in [0.25, 0.3) is 10.2 Å². The Hall–Kier alpha value is -1.87. The number of hydrogen-bond donors (Lipinski definition) is 1. The highest BCUT2D eigenvalue weighted by molar-refractivity contribution is 7.20. The Balaban J connectivity index is 2.49. The van der Waals surface area contributed by atoms with Crippen molar-refractivity contribution in [2.45, 2.75) is 32.7 Å². The molecule has 0 spiro atoms. The van der Waals surface area contributed by atoms with Crippen LogP contribution in [0.3, 0.4) is 0 Å². The average molecular weight is 263 g/mol. The highest BCUT2D eigenvalue weighted by Crippen LogP contribution is 2.29. The summed E-state index contributed by atoms with van der Waals surface area (Å²) in [5.41, 5.74) is 0.925. The first kappa shape index (κ1) is 12.6. The van der Waals surface area contributed by atoms with Crippen LogP contribution in [0.5, 0.6) is 0 Å². The summed E-state index contributed by atoms with van der Waals surface area (Å²) in [6.45, 7) is 2.57. The molecule has 0 atom stereocenters. The van der Waals surface area contributed by atoms with Crippen LogP contribution in [0, 0.1) is 11.3 Å². The third kappa shape index (κ3) is 2.22. The number of thiophene rings is 1. The van der Waals surface area contributed by atoms with E-state index in [4.69, 9.17) is 10.4 Å². The van der Waals surface area contributed by atoms with Crippen LogP contribution in [-0.2, 0) is 13.0 Å². The lowest BCUT2D eigenvalue weighted by Crippen LogP contribution is -2.00. The summed E-state index contributed by atoms with van der Waals surface area (Å²) in [5.74, 6) is -0.912. The Bertz CT molecular complexity index is 621. The van der Waals surface area contributed by atoms with E-state index >= 15 is 0 Å². The molecule has 0 amide bonds. The fourth-order valence-electron chi connectivity index (χ4n) is 1.86. The minimum Gasteiger partial charge on any atom is -0.477 e. The Labute approximate surface area is 108 Å². The van der Waals surface area contributed by atoms with Crippen molar-refractivity contribution in [1.29, 1.82) is 5.26 Å². The number of nitrogens with zero attached hydrogens (tertiary/aromatic N) is 3. The number of rotatable bonds is 5. The van der Waals surface area contributed by atoms with Gasteiger partial charge in [0.2, 0.25) is 0 Å². The van der Waals surface area contributed by atoms with Gasteiger partial charge in [0.15, 0.2) is 0 Å². The van der Waals surface area contributed by atoms with Gasteiger partial charge >= 0.3 is 5.97 Å². The number of hydrogen-bond acceptors (Lipinski definition) is 4. The maximum absolute atomic E-state index is 11.0. The molecular weight excluding hydrogens is 250 g/mol. The molecule has 2 aromatic rings. The lowest BCUT2D eigenvalue weighted by Gasteiger charge is -1.97. The lowest BCUT2D eigenvalue weighted by molar-refractivity contribution is 0.0702. The van der Waals surface area contributed by atoms with Gasteiger partial charge in [0, 0.05) is 5.39 Å². The number of fused-ring (bicyclic) bond motifs is 1. The van der Waals surface area contributed by atoms with Crippen molar-refractivity contribution in [2.75, 3.05) is 0 Å². The van der Waals surface area contributed by atoms with E-state index in [2.05, 4.69) is 18.1 Å². The first-order valence-electron chi connectivity index (χ1n) is 5.76. The number of carboxylic acids is 1. The van der Waals surface area contributed by atoms with E-state index in [-0.39, 0.29) is 0 Å². The Morgan fingerprint density at radius 2 is 2.44 bits per heavy atom. The second kappa shape index (κ2) is 5.19. The Morgan fingerprint density at radius 1 is 1.67 bits per heavy atom. The normalized spacial score (nSPS) is 10.7. The fourth-order valence-corrected chi connectivity index (χ4v) is 2.86. The number of aromatic carboxylic acids is 1. The number of carboxylic acid groups (broad SMARTS) is 1. The zero-order valence-corrected chi connectivity index (χ0v) is 10.8. The molecule has 0 aromatic carbocycles. The first-order chi connectivity index (χ1) is 8.67.